The molecule has 0 rings (SSSR count). The van der Waals surface area contributed by atoms with Gasteiger partial charge in [0.05, 0.1) is 11.8 Å². The minimum atomic E-state index is -2.85. The first-order chi connectivity index (χ1) is 8.89. The summed E-state index contributed by atoms with van der Waals surface area (Å²) in [6.45, 7) is 4.98. The summed E-state index contributed by atoms with van der Waals surface area (Å²) in [4.78, 5) is 0. The molecule has 0 heterocycles. The van der Waals surface area contributed by atoms with Gasteiger partial charge in [0, 0.05) is 12.0 Å². The van der Waals surface area contributed by atoms with Crippen molar-refractivity contribution in [2.45, 2.75) is 45.1 Å². The van der Waals surface area contributed by atoms with Gasteiger partial charge >= 0.3 is 0 Å². The molecule has 0 aromatic carbocycles. The molecule has 0 spiro atoms. The maximum Gasteiger partial charge on any atom is 0.148 e. The predicted octanol–water partition coefficient (Wildman–Crippen LogP) is 2.22. The molecule has 0 aliphatic heterocycles. The van der Waals surface area contributed by atoms with Crippen LogP contribution in [0, 0.1) is 11.3 Å². The number of rotatable bonds is 11. The molecule has 19 heavy (non-hydrogen) atoms. The van der Waals surface area contributed by atoms with Crippen molar-refractivity contribution >= 4 is 21.6 Å². The van der Waals surface area contributed by atoms with Crippen molar-refractivity contribution in [1.29, 1.82) is 5.26 Å². The van der Waals surface area contributed by atoms with Gasteiger partial charge in [0.1, 0.15) is 15.4 Å². The fourth-order valence-electron chi connectivity index (χ4n) is 1.72. The average Bonchev–Trinajstić information content (AvgIpc) is 2.36. The SMILES string of the molecule is CCCNC(C#N)(CC)CCCSCCS(C)(=O)=O. The summed E-state index contributed by atoms with van der Waals surface area (Å²) in [7, 11) is -2.85. The van der Waals surface area contributed by atoms with Gasteiger partial charge in [0.15, 0.2) is 0 Å². The van der Waals surface area contributed by atoms with E-state index < -0.39 is 15.4 Å². The van der Waals surface area contributed by atoms with Crippen LogP contribution < -0.4 is 5.32 Å². The minimum Gasteiger partial charge on any atom is -0.299 e. The van der Waals surface area contributed by atoms with E-state index >= 15 is 0 Å². The monoisotopic (exact) mass is 306 g/mol. The van der Waals surface area contributed by atoms with Gasteiger partial charge < -0.3 is 0 Å². The summed E-state index contributed by atoms with van der Waals surface area (Å²) >= 11 is 1.65. The van der Waals surface area contributed by atoms with Crippen molar-refractivity contribution < 1.29 is 8.42 Å². The van der Waals surface area contributed by atoms with Gasteiger partial charge in [-0.2, -0.15) is 17.0 Å². The van der Waals surface area contributed by atoms with Crippen molar-refractivity contribution in [2.24, 2.45) is 0 Å². The smallest absolute Gasteiger partial charge is 0.148 e. The van der Waals surface area contributed by atoms with Gasteiger partial charge in [-0.3, -0.25) is 5.32 Å². The Morgan fingerprint density at radius 3 is 2.47 bits per heavy atom. The lowest BCUT2D eigenvalue weighted by atomic mass is 9.92. The van der Waals surface area contributed by atoms with Crippen LogP contribution in [0.4, 0.5) is 0 Å². The quantitative estimate of drug-likeness (QED) is 0.593. The second-order valence-corrected chi connectivity index (χ2v) is 8.30. The summed E-state index contributed by atoms with van der Waals surface area (Å²) in [5.74, 6) is 1.79. The van der Waals surface area contributed by atoms with Crippen LogP contribution in [0.2, 0.25) is 0 Å². The second-order valence-electron chi connectivity index (χ2n) is 4.82. The number of thioether (sulfide) groups is 1. The van der Waals surface area contributed by atoms with Crippen LogP contribution in [0.5, 0.6) is 0 Å². The van der Waals surface area contributed by atoms with Crippen LogP contribution in [0.25, 0.3) is 0 Å². The molecule has 1 N–H and O–H groups in total. The summed E-state index contributed by atoms with van der Waals surface area (Å²) < 4.78 is 21.9. The van der Waals surface area contributed by atoms with Crippen molar-refractivity contribution in [3.05, 3.63) is 0 Å². The molecule has 0 fully saturated rings. The Morgan fingerprint density at radius 1 is 1.32 bits per heavy atom. The van der Waals surface area contributed by atoms with Gasteiger partial charge in [-0.15, -0.1) is 0 Å². The molecule has 0 radical (unpaired) electrons. The molecule has 1 atom stereocenters. The van der Waals surface area contributed by atoms with Gasteiger partial charge in [0.25, 0.3) is 0 Å². The number of nitriles is 1. The molecule has 0 bridgehead atoms. The fourth-order valence-corrected chi connectivity index (χ4v) is 3.95. The first-order valence-electron chi connectivity index (χ1n) is 6.81. The maximum atomic E-state index is 11.0. The lowest BCUT2D eigenvalue weighted by Crippen LogP contribution is -2.43. The molecular weight excluding hydrogens is 280 g/mol. The number of nitrogens with zero attached hydrogens (tertiary/aromatic N) is 1. The first-order valence-corrected chi connectivity index (χ1v) is 10.0. The third-order valence-electron chi connectivity index (χ3n) is 3.02. The maximum absolute atomic E-state index is 11.0. The molecule has 0 saturated heterocycles. The first kappa shape index (κ1) is 18.8. The zero-order chi connectivity index (χ0) is 14.8. The van der Waals surface area contributed by atoms with E-state index in [0.29, 0.717) is 5.75 Å². The van der Waals surface area contributed by atoms with E-state index in [1.165, 1.54) is 6.26 Å². The Morgan fingerprint density at radius 2 is 2.00 bits per heavy atom. The Hall–Kier alpha value is -0.250. The van der Waals surface area contributed by atoms with Crippen LogP contribution in [0.3, 0.4) is 0 Å². The third kappa shape index (κ3) is 9.31. The van der Waals surface area contributed by atoms with Gasteiger partial charge in [-0.1, -0.05) is 13.8 Å². The lowest BCUT2D eigenvalue weighted by molar-refractivity contribution is 0.371. The van der Waals surface area contributed by atoms with Crippen LogP contribution in [-0.4, -0.2) is 44.0 Å². The van der Waals surface area contributed by atoms with Crippen molar-refractivity contribution in [3.63, 3.8) is 0 Å². The van der Waals surface area contributed by atoms with Gasteiger partial charge in [0.2, 0.25) is 0 Å². The van der Waals surface area contributed by atoms with E-state index in [2.05, 4.69) is 18.3 Å². The summed E-state index contributed by atoms with van der Waals surface area (Å²) in [6, 6.07) is 2.40. The third-order valence-corrected chi connectivity index (χ3v) is 5.30. The van der Waals surface area contributed by atoms with Gasteiger partial charge in [-0.05, 0) is 38.0 Å². The highest BCUT2D eigenvalue weighted by molar-refractivity contribution is 8.00. The second kappa shape index (κ2) is 9.62. The Bertz CT molecular complexity index is 377. The van der Waals surface area contributed by atoms with E-state index in [1.807, 2.05) is 6.92 Å². The molecule has 0 saturated carbocycles. The Balaban J connectivity index is 3.91. The molecule has 1 unspecified atom stereocenters. The molecule has 6 heteroatoms. The van der Waals surface area contributed by atoms with Crippen LogP contribution >= 0.6 is 11.8 Å². The number of sulfone groups is 1. The van der Waals surface area contributed by atoms with Crippen LogP contribution in [0.15, 0.2) is 0 Å². The van der Waals surface area contributed by atoms with Crippen molar-refractivity contribution in [2.75, 3.05) is 30.1 Å². The highest BCUT2D eigenvalue weighted by Gasteiger charge is 2.25. The molecule has 0 aromatic heterocycles. The largest absolute Gasteiger partial charge is 0.299 e. The van der Waals surface area contributed by atoms with E-state index in [-0.39, 0.29) is 5.75 Å². The molecule has 0 aromatic rings. The Labute approximate surface area is 122 Å². The highest BCUT2D eigenvalue weighted by atomic mass is 32.2. The standard InChI is InChI=1S/C13H26N2O2S2/c1-4-8-15-13(5-2,12-14)7-6-9-18-10-11-19(3,16)17/h15H,4-11H2,1-3H3. The summed E-state index contributed by atoms with van der Waals surface area (Å²) in [6.07, 6.45) is 4.85. The number of nitrogens with one attached hydrogen (secondary N) is 1. The van der Waals surface area contributed by atoms with Gasteiger partial charge in [-0.25, -0.2) is 8.42 Å². The summed E-state index contributed by atoms with van der Waals surface area (Å²) in [5, 5.41) is 12.6. The molecule has 0 amide bonds. The molecule has 4 nitrogen and oxygen atoms in total. The van der Waals surface area contributed by atoms with Crippen LogP contribution in [-0.2, 0) is 9.84 Å². The predicted molar refractivity (Wildman–Crippen MR) is 83.2 cm³/mol. The van der Waals surface area contributed by atoms with E-state index in [9.17, 15) is 13.7 Å². The lowest BCUT2D eigenvalue weighted by Gasteiger charge is -2.26. The average molecular weight is 306 g/mol. The molecule has 0 aliphatic carbocycles. The van der Waals surface area contributed by atoms with Crippen molar-refractivity contribution in [1.82, 2.24) is 5.32 Å². The zero-order valence-electron chi connectivity index (χ0n) is 12.2. The molecular formula is C13H26N2O2S2. The number of hydrogen-bond acceptors (Lipinski definition) is 5. The van der Waals surface area contributed by atoms with E-state index in [4.69, 9.17) is 0 Å². The van der Waals surface area contributed by atoms with Crippen LogP contribution in [0.1, 0.15) is 39.5 Å². The normalized spacial score (nSPS) is 14.8. The molecule has 112 valence electrons. The fraction of sp³-hybridized carbons (Fsp3) is 0.923. The highest BCUT2D eigenvalue weighted by Crippen LogP contribution is 2.18. The minimum absolute atomic E-state index is 0.239. The number of hydrogen-bond donors (Lipinski definition) is 1. The topological polar surface area (TPSA) is 70.0 Å². The Kier molecular flexibility index (Phi) is 9.50. The van der Waals surface area contributed by atoms with Crippen molar-refractivity contribution in [3.8, 4) is 6.07 Å². The van der Waals surface area contributed by atoms with E-state index in [1.54, 1.807) is 11.8 Å². The zero-order valence-corrected chi connectivity index (χ0v) is 13.9. The van der Waals surface area contributed by atoms with E-state index in [0.717, 1.165) is 38.0 Å². The molecule has 0 aliphatic rings. The summed E-state index contributed by atoms with van der Waals surface area (Å²) in [5.41, 5.74) is -0.409.